The standard InChI is InChI=1S/C34H34N4O12.ClH/c1-14-28(39)20(35)11-23(49-14)50-22-13-34(45,15(2)36-37-33(44)16-6-4-7-17(10-16)38(46)47)12-19-25(22)32(43)27-26(30(19)41)29(40)18-8-5-9-21(48-3)24(18)31(27)42;/h4-10,14,20,22-23,28,39,41,43,45H,11-13,35H2,1-3H3,(H,37,44);1H/t14?,20?,22-,23?,28?,34-;/m0./s1. The zero-order valence-electron chi connectivity index (χ0n) is 27.5. The summed E-state index contributed by atoms with van der Waals surface area (Å²) in [5, 5.41) is 61.1. The number of phenolic OH excluding ortho intramolecular Hbond substituents is 2. The van der Waals surface area contributed by atoms with Crippen molar-refractivity contribution in [1.29, 1.82) is 0 Å². The van der Waals surface area contributed by atoms with Crippen molar-refractivity contribution in [2.75, 3.05) is 7.11 Å². The first kappa shape index (κ1) is 37.3. The number of nitro groups is 1. The van der Waals surface area contributed by atoms with E-state index in [1.54, 1.807) is 6.92 Å². The summed E-state index contributed by atoms with van der Waals surface area (Å²) in [4.78, 5) is 51.1. The number of fused-ring (bicyclic) bond motifs is 3. The minimum absolute atomic E-state index is 0. The lowest BCUT2D eigenvalue weighted by atomic mass is 9.71. The van der Waals surface area contributed by atoms with Crippen LogP contribution in [0.5, 0.6) is 17.2 Å². The second-order valence-electron chi connectivity index (χ2n) is 12.5. The molecule has 1 aliphatic heterocycles. The second-order valence-corrected chi connectivity index (χ2v) is 12.5. The third kappa shape index (κ3) is 6.41. The Balaban J connectivity index is 0.00000504. The average Bonchev–Trinajstić information content (AvgIpc) is 3.09. The number of aromatic hydroxyl groups is 2. The molecule has 6 rings (SSSR count). The van der Waals surface area contributed by atoms with Crippen molar-refractivity contribution in [1.82, 2.24) is 5.43 Å². The molecule has 1 heterocycles. The van der Waals surface area contributed by atoms with E-state index in [1.807, 2.05) is 0 Å². The molecule has 7 N–H and O–H groups in total. The number of rotatable bonds is 7. The summed E-state index contributed by atoms with van der Waals surface area (Å²) in [6.07, 6.45) is -4.97. The number of ketones is 2. The number of non-ortho nitro benzene ring substituents is 1. The molecule has 16 nitrogen and oxygen atoms in total. The van der Waals surface area contributed by atoms with Crippen molar-refractivity contribution < 1.29 is 53.9 Å². The number of nitro benzene ring substituents is 1. The molecule has 0 bridgehead atoms. The number of aliphatic hydroxyl groups excluding tert-OH is 1. The maximum atomic E-state index is 13.9. The number of carbonyl (C=O) groups is 3. The van der Waals surface area contributed by atoms with Gasteiger partial charge in [0.2, 0.25) is 5.78 Å². The quantitative estimate of drug-likeness (QED) is 0.0694. The van der Waals surface area contributed by atoms with Gasteiger partial charge in [0.15, 0.2) is 12.1 Å². The highest BCUT2D eigenvalue weighted by Gasteiger charge is 2.49. The van der Waals surface area contributed by atoms with Crippen LogP contribution in [-0.4, -0.2) is 85.8 Å². The van der Waals surface area contributed by atoms with E-state index in [1.165, 1.54) is 50.4 Å². The fourth-order valence-corrected chi connectivity index (χ4v) is 6.73. The Kier molecular flexibility index (Phi) is 10.2. The van der Waals surface area contributed by atoms with Gasteiger partial charge in [-0.25, -0.2) is 5.43 Å². The minimum atomic E-state index is -2.00. The summed E-state index contributed by atoms with van der Waals surface area (Å²) in [6, 6.07) is 8.55. The van der Waals surface area contributed by atoms with Crippen molar-refractivity contribution in [2.24, 2.45) is 10.8 Å². The lowest BCUT2D eigenvalue weighted by Crippen LogP contribution is -2.52. The Morgan fingerprint density at radius 3 is 2.47 bits per heavy atom. The predicted molar refractivity (Wildman–Crippen MR) is 181 cm³/mol. The molecule has 3 aliphatic rings. The number of nitrogens with two attached hydrogens (primary N) is 1. The van der Waals surface area contributed by atoms with Gasteiger partial charge < -0.3 is 40.4 Å². The van der Waals surface area contributed by atoms with Gasteiger partial charge in [0, 0.05) is 59.7 Å². The Morgan fingerprint density at radius 2 is 1.80 bits per heavy atom. The van der Waals surface area contributed by atoms with Crippen molar-refractivity contribution in [3.8, 4) is 17.2 Å². The molecule has 1 fully saturated rings. The molecule has 17 heteroatoms. The normalized spacial score (nSPS) is 25.5. The number of amides is 1. The molecule has 6 atom stereocenters. The SMILES string of the molecule is COc1cccc2c1C(=O)c1c(O)c3c(c(O)c1C2=O)C[C@@](O)(C(C)=NNC(=O)c1cccc([N+](=O)[O-])c1)C[C@@H]3OC1CC(N)C(O)C(C)O1.Cl. The number of carbonyl (C=O) groups excluding carboxylic acids is 3. The number of methoxy groups -OCH3 is 1. The first-order chi connectivity index (χ1) is 23.7. The van der Waals surface area contributed by atoms with Crippen LogP contribution in [0, 0.1) is 10.1 Å². The molecule has 0 saturated carbocycles. The summed E-state index contributed by atoms with van der Waals surface area (Å²) in [6.45, 7) is 2.97. The van der Waals surface area contributed by atoms with Crippen LogP contribution in [0.3, 0.4) is 0 Å². The van der Waals surface area contributed by atoms with E-state index in [0.717, 1.165) is 6.07 Å². The Labute approximate surface area is 296 Å². The van der Waals surface area contributed by atoms with Gasteiger partial charge in [-0.2, -0.15) is 5.10 Å². The van der Waals surface area contributed by atoms with Crippen LogP contribution in [0.15, 0.2) is 47.6 Å². The smallest absolute Gasteiger partial charge is 0.271 e. The molecule has 1 amide bonds. The topological polar surface area (TPSA) is 253 Å². The molecule has 3 aromatic carbocycles. The molecule has 0 spiro atoms. The lowest BCUT2D eigenvalue weighted by Gasteiger charge is -2.42. The van der Waals surface area contributed by atoms with E-state index < -0.39 is 87.7 Å². The fourth-order valence-electron chi connectivity index (χ4n) is 6.73. The lowest BCUT2D eigenvalue weighted by molar-refractivity contribution is -0.384. The molecular weight excluding hydrogens is 692 g/mol. The number of hydrogen-bond acceptors (Lipinski definition) is 14. The van der Waals surface area contributed by atoms with E-state index in [4.69, 9.17) is 19.9 Å². The summed E-state index contributed by atoms with van der Waals surface area (Å²) >= 11 is 0. The van der Waals surface area contributed by atoms with Gasteiger partial charge >= 0.3 is 0 Å². The first-order valence-corrected chi connectivity index (χ1v) is 15.6. The molecule has 270 valence electrons. The first-order valence-electron chi connectivity index (χ1n) is 15.6. The van der Waals surface area contributed by atoms with E-state index in [-0.39, 0.29) is 70.2 Å². The average molecular weight is 727 g/mol. The van der Waals surface area contributed by atoms with Gasteiger partial charge in [-0.05, 0) is 26.0 Å². The third-order valence-electron chi connectivity index (χ3n) is 9.46. The molecule has 2 aliphatic carbocycles. The number of hydrogen-bond donors (Lipinski definition) is 6. The van der Waals surface area contributed by atoms with Crippen LogP contribution in [-0.2, 0) is 15.9 Å². The summed E-state index contributed by atoms with van der Waals surface area (Å²) in [5.74, 6) is -3.61. The molecule has 0 aromatic heterocycles. The van der Waals surface area contributed by atoms with Crippen LogP contribution in [0.25, 0.3) is 0 Å². The van der Waals surface area contributed by atoms with Crippen molar-refractivity contribution in [3.63, 3.8) is 0 Å². The zero-order valence-corrected chi connectivity index (χ0v) is 28.3. The monoisotopic (exact) mass is 726 g/mol. The summed E-state index contributed by atoms with van der Waals surface area (Å²) in [7, 11) is 1.32. The summed E-state index contributed by atoms with van der Waals surface area (Å²) in [5.41, 5.74) is 4.58. The molecule has 3 aromatic rings. The molecule has 51 heavy (non-hydrogen) atoms. The van der Waals surface area contributed by atoms with Crippen LogP contribution < -0.4 is 15.9 Å². The van der Waals surface area contributed by atoms with E-state index >= 15 is 0 Å². The van der Waals surface area contributed by atoms with E-state index in [9.17, 15) is 44.9 Å². The highest BCUT2D eigenvalue weighted by Crippen LogP contribution is 2.52. The second kappa shape index (κ2) is 14.0. The number of phenols is 2. The summed E-state index contributed by atoms with van der Waals surface area (Å²) < 4.78 is 17.4. The van der Waals surface area contributed by atoms with Crippen LogP contribution in [0.4, 0.5) is 5.69 Å². The minimum Gasteiger partial charge on any atom is -0.507 e. The van der Waals surface area contributed by atoms with E-state index in [2.05, 4.69) is 10.5 Å². The van der Waals surface area contributed by atoms with Crippen LogP contribution >= 0.6 is 12.4 Å². The van der Waals surface area contributed by atoms with Gasteiger partial charge in [0.05, 0.1) is 52.7 Å². The molecule has 4 unspecified atom stereocenters. The maximum absolute atomic E-state index is 13.9. The van der Waals surface area contributed by atoms with Gasteiger partial charge in [-0.15, -0.1) is 12.4 Å². The molecule has 0 radical (unpaired) electrons. The number of nitrogens with one attached hydrogen (secondary N) is 1. The Hall–Kier alpha value is -4.97. The van der Waals surface area contributed by atoms with Crippen LogP contribution in [0.1, 0.15) is 86.1 Å². The Bertz CT molecular complexity index is 1970. The maximum Gasteiger partial charge on any atom is 0.271 e. The van der Waals surface area contributed by atoms with Gasteiger partial charge in [0.1, 0.15) is 22.8 Å². The molecular formula is C34H35ClN4O12. The van der Waals surface area contributed by atoms with Crippen molar-refractivity contribution in [2.45, 2.75) is 69.4 Å². The predicted octanol–water partition coefficient (Wildman–Crippen LogP) is 2.58. The van der Waals surface area contributed by atoms with E-state index in [0.29, 0.717) is 0 Å². The van der Waals surface area contributed by atoms with Crippen molar-refractivity contribution in [3.05, 3.63) is 91.5 Å². The van der Waals surface area contributed by atoms with Gasteiger partial charge in [-0.3, -0.25) is 24.5 Å². The number of hydrazone groups is 1. The Morgan fingerprint density at radius 1 is 1.12 bits per heavy atom. The highest BCUT2D eigenvalue weighted by atomic mass is 35.5. The largest absolute Gasteiger partial charge is 0.507 e. The number of benzene rings is 3. The number of aliphatic hydroxyl groups is 2. The zero-order chi connectivity index (χ0) is 36.2. The van der Waals surface area contributed by atoms with Crippen LogP contribution in [0.2, 0.25) is 0 Å². The number of halogens is 1. The third-order valence-corrected chi connectivity index (χ3v) is 9.46. The van der Waals surface area contributed by atoms with Gasteiger partial charge in [-0.1, -0.05) is 18.2 Å². The highest BCUT2D eigenvalue weighted by molar-refractivity contribution is 6.31. The fraction of sp³-hybridized carbons (Fsp3) is 0.353. The van der Waals surface area contributed by atoms with Crippen molar-refractivity contribution >= 4 is 41.3 Å². The van der Waals surface area contributed by atoms with Gasteiger partial charge in [0.25, 0.3) is 11.6 Å². The molecule has 1 saturated heterocycles. The number of nitrogens with zero attached hydrogens (tertiary/aromatic N) is 2. The number of ether oxygens (including phenoxy) is 3.